The van der Waals surface area contributed by atoms with Crippen molar-refractivity contribution in [2.45, 2.75) is 26.7 Å². The number of rotatable bonds is 7. The number of hydrazine groups is 1. The molecule has 0 saturated carbocycles. The van der Waals surface area contributed by atoms with E-state index in [0.29, 0.717) is 44.6 Å². The van der Waals surface area contributed by atoms with Crippen molar-refractivity contribution in [3.8, 4) is 0 Å². The molecule has 2 heterocycles. The van der Waals surface area contributed by atoms with Crippen LogP contribution in [0.4, 0.5) is 30.2 Å². The summed E-state index contributed by atoms with van der Waals surface area (Å²) < 4.78 is 50.7. The molecule has 1 aromatic heterocycles. The maximum absolute atomic E-state index is 15.1. The van der Waals surface area contributed by atoms with Gasteiger partial charge in [-0.2, -0.15) is 5.10 Å². The van der Waals surface area contributed by atoms with Gasteiger partial charge >= 0.3 is 0 Å². The van der Waals surface area contributed by atoms with Crippen molar-refractivity contribution in [3.05, 3.63) is 76.5 Å². The van der Waals surface area contributed by atoms with E-state index in [0.717, 1.165) is 22.9 Å². The number of nitrogens with two attached hydrogens (primary N) is 2. The van der Waals surface area contributed by atoms with Crippen LogP contribution < -0.4 is 26.8 Å². The molecule has 0 spiro atoms. The zero-order valence-corrected chi connectivity index (χ0v) is 22.3. The summed E-state index contributed by atoms with van der Waals surface area (Å²) in [6.07, 6.45) is 3.16. The largest absolute Gasteiger partial charge is 0.397 e. The molecule has 2 aromatic carbocycles. The van der Waals surface area contributed by atoms with Gasteiger partial charge in [-0.05, 0) is 43.7 Å². The highest BCUT2D eigenvalue weighted by atomic mass is 19.3. The Balaban J connectivity index is 1.63. The average Bonchev–Trinajstić information content (AvgIpc) is 3.22. The van der Waals surface area contributed by atoms with Gasteiger partial charge < -0.3 is 20.7 Å². The number of anilines is 3. The number of nitrogens with zero attached hydrogens (tertiary/aromatic N) is 4. The molecule has 0 atom stereocenters. The third-order valence-corrected chi connectivity index (χ3v) is 6.71. The van der Waals surface area contributed by atoms with Gasteiger partial charge in [0.2, 0.25) is 0 Å². The number of hydrogen-bond acceptors (Lipinski definition) is 7. The summed E-state index contributed by atoms with van der Waals surface area (Å²) in [5.74, 6) is 1.22. The molecule has 0 unspecified atom stereocenters. The van der Waals surface area contributed by atoms with Crippen LogP contribution in [-0.2, 0) is 17.7 Å². The van der Waals surface area contributed by atoms with E-state index < -0.39 is 23.2 Å². The molecule has 12 heteroatoms. The predicted molar refractivity (Wildman–Crippen MR) is 145 cm³/mol. The van der Waals surface area contributed by atoms with E-state index in [1.165, 1.54) is 17.3 Å². The zero-order valence-electron chi connectivity index (χ0n) is 22.3. The number of hydrogen-bond donors (Lipinski definition) is 3. The van der Waals surface area contributed by atoms with E-state index in [4.69, 9.17) is 16.3 Å². The van der Waals surface area contributed by atoms with Gasteiger partial charge in [0.15, 0.2) is 5.82 Å². The van der Waals surface area contributed by atoms with Gasteiger partial charge in [0.25, 0.3) is 11.8 Å². The normalized spacial score (nSPS) is 14.5. The van der Waals surface area contributed by atoms with Crippen LogP contribution in [0, 0.1) is 19.7 Å². The lowest BCUT2D eigenvalue weighted by Gasteiger charge is -2.30. The van der Waals surface area contributed by atoms with Gasteiger partial charge in [0.05, 0.1) is 42.0 Å². The van der Waals surface area contributed by atoms with Gasteiger partial charge in [-0.1, -0.05) is 6.07 Å². The van der Waals surface area contributed by atoms with E-state index in [1.807, 2.05) is 13.8 Å². The van der Waals surface area contributed by atoms with Gasteiger partial charge in [-0.25, -0.2) is 19.0 Å². The third kappa shape index (κ3) is 6.02. The fourth-order valence-electron chi connectivity index (χ4n) is 4.34. The molecule has 1 fully saturated rings. The Morgan fingerprint density at radius 1 is 1.21 bits per heavy atom. The second-order valence-electron chi connectivity index (χ2n) is 9.56. The number of amides is 1. The van der Waals surface area contributed by atoms with Crippen molar-refractivity contribution in [2.24, 2.45) is 18.6 Å². The minimum absolute atomic E-state index is 0.0170. The molecule has 1 aliphatic rings. The van der Waals surface area contributed by atoms with Crippen molar-refractivity contribution >= 4 is 28.7 Å². The molecule has 0 aliphatic carbocycles. The summed E-state index contributed by atoms with van der Waals surface area (Å²) in [7, 11) is 1.80. The highest BCUT2D eigenvalue weighted by molar-refractivity contribution is 6.05. The molecule has 1 saturated heterocycles. The number of carbonyl (C=O) groups excluding carboxylic acids is 1. The smallest absolute Gasteiger partial charge is 0.273 e. The van der Waals surface area contributed by atoms with E-state index in [1.54, 1.807) is 41.0 Å². The van der Waals surface area contributed by atoms with E-state index >= 15 is 4.39 Å². The fourth-order valence-corrected chi connectivity index (χ4v) is 4.34. The molecule has 5 N–H and O–H groups in total. The minimum atomic E-state index is -3.46. The molecular weight excluding hydrogens is 511 g/mol. The summed E-state index contributed by atoms with van der Waals surface area (Å²) in [4.78, 5) is 14.8. The number of benzene rings is 2. The van der Waals surface area contributed by atoms with Crippen molar-refractivity contribution in [3.63, 3.8) is 0 Å². The Morgan fingerprint density at radius 2 is 1.90 bits per heavy atom. The van der Waals surface area contributed by atoms with Gasteiger partial charge in [-0.3, -0.25) is 14.5 Å². The second-order valence-corrected chi connectivity index (χ2v) is 9.56. The van der Waals surface area contributed by atoms with Crippen LogP contribution in [0.3, 0.4) is 0 Å². The first kappa shape index (κ1) is 28.0. The molecule has 9 nitrogen and oxygen atoms in total. The van der Waals surface area contributed by atoms with Crippen LogP contribution in [-0.4, -0.2) is 42.0 Å². The van der Waals surface area contributed by atoms with Crippen LogP contribution in [0.1, 0.15) is 39.7 Å². The molecule has 39 heavy (non-hydrogen) atoms. The van der Waals surface area contributed by atoms with Crippen LogP contribution in [0.25, 0.3) is 5.70 Å². The molecule has 1 aliphatic heterocycles. The Bertz CT molecular complexity index is 1410. The van der Waals surface area contributed by atoms with E-state index in [-0.39, 0.29) is 16.9 Å². The number of halogens is 3. The third-order valence-electron chi connectivity index (χ3n) is 6.71. The second kappa shape index (κ2) is 11.0. The molecule has 3 aromatic rings. The summed E-state index contributed by atoms with van der Waals surface area (Å²) in [5, 5.41) is 8.11. The summed E-state index contributed by atoms with van der Waals surface area (Å²) in [5.41, 5.74) is 8.91. The lowest BCUT2D eigenvalue weighted by atomic mass is 10.0. The van der Waals surface area contributed by atoms with Gasteiger partial charge in [0, 0.05) is 55.8 Å². The quantitative estimate of drug-likeness (QED) is 0.305. The van der Waals surface area contributed by atoms with E-state index in [9.17, 15) is 13.6 Å². The van der Waals surface area contributed by atoms with Crippen molar-refractivity contribution in [1.82, 2.24) is 9.78 Å². The first-order chi connectivity index (χ1) is 18.4. The Kier molecular flexibility index (Phi) is 7.89. The van der Waals surface area contributed by atoms with Crippen LogP contribution in [0.5, 0.6) is 0 Å². The maximum atomic E-state index is 15.1. The van der Waals surface area contributed by atoms with Crippen LogP contribution >= 0.6 is 0 Å². The fraction of sp³-hybridized carbons (Fsp3) is 0.333. The monoisotopic (exact) mass is 543 g/mol. The Morgan fingerprint density at radius 3 is 2.51 bits per heavy atom. The summed E-state index contributed by atoms with van der Waals surface area (Å²) in [6, 6.07) is 7.17. The van der Waals surface area contributed by atoms with Crippen LogP contribution in [0.15, 0.2) is 42.7 Å². The number of morpholine rings is 1. The van der Waals surface area contributed by atoms with Gasteiger partial charge in [0.1, 0.15) is 0 Å². The summed E-state index contributed by atoms with van der Waals surface area (Å²) >= 11 is 0. The Labute approximate surface area is 224 Å². The highest BCUT2D eigenvalue weighted by Gasteiger charge is 2.32. The standard InChI is InChI=1S/C27H32F3N7O2/c1-16-5-6-18(11-23(16)37(32)15-22(31)20-14-33-35(4)17(20)2)26(38)34-19-12-21(27(3,29)30)25(28)24(13-19)36-7-9-39-10-8-36/h5-6,11-15H,7-10,31-32H2,1-4H3,(H,34,38)/b22-15-. The molecule has 4 rings (SSSR count). The van der Waals surface area contributed by atoms with Gasteiger partial charge in [-0.15, -0.1) is 0 Å². The lowest BCUT2D eigenvalue weighted by molar-refractivity contribution is 0.0138. The lowest BCUT2D eigenvalue weighted by Crippen LogP contribution is -2.37. The van der Waals surface area contributed by atoms with Crippen molar-refractivity contribution in [2.75, 3.05) is 41.5 Å². The topological polar surface area (TPSA) is 115 Å². The van der Waals surface area contributed by atoms with Crippen LogP contribution in [0.2, 0.25) is 0 Å². The molecule has 1 amide bonds. The van der Waals surface area contributed by atoms with Crippen molar-refractivity contribution in [1.29, 1.82) is 0 Å². The molecule has 208 valence electrons. The van der Waals surface area contributed by atoms with E-state index in [2.05, 4.69) is 10.4 Å². The zero-order chi connectivity index (χ0) is 28.5. The molecular formula is C27H32F3N7O2. The number of nitrogens with one attached hydrogen (secondary N) is 1. The Hall–Kier alpha value is -4.03. The van der Waals surface area contributed by atoms with Crippen molar-refractivity contribution < 1.29 is 22.7 Å². The number of carbonyl (C=O) groups is 1. The minimum Gasteiger partial charge on any atom is -0.397 e. The number of aromatic nitrogens is 2. The first-order valence-electron chi connectivity index (χ1n) is 12.3. The predicted octanol–water partition coefficient (Wildman–Crippen LogP) is 4.01. The SMILES string of the molecule is Cc1ccc(C(=O)Nc2cc(N3CCOCC3)c(F)c(C(C)(F)F)c2)cc1N(N)/C=C(\N)c1cnn(C)c1C. The number of aryl methyl sites for hydroxylation is 2. The number of alkyl halides is 2. The molecule has 0 bridgehead atoms. The maximum Gasteiger partial charge on any atom is 0.273 e. The summed E-state index contributed by atoms with van der Waals surface area (Å²) in [6.45, 7) is 5.68. The highest BCUT2D eigenvalue weighted by Crippen LogP contribution is 2.37. The first-order valence-corrected chi connectivity index (χ1v) is 12.3. The average molecular weight is 544 g/mol. The number of ether oxygens (including phenoxy) is 1. The molecule has 0 radical (unpaired) electrons.